The van der Waals surface area contributed by atoms with Crippen LogP contribution in [0.2, 0.25) is 0 Å². The van der Waals surface area contributed by atoms with Crippen LogP contribution in [0, 0.1) is 0 Å². The van der Waals surface area contributed by atoms with Crippen molar-refractivity contribution in [2.75, 3.05) is 19.3 Å². The highest BCUT2D eigenvalue weighted by Gasteiger charge is 2.34. The predicted octanol–water partition coefficient (Wildman–Crippen LogP) is 2.47. The van der Waals surface area contributed by atoms with Gasteiger partial charge in [0.25, 0.3) is 0 Å². The maximum atomic E-state index is 12.5. The maximum absolute atomic E-state index is 12.5. The van der Waals surface area contributed by atoms with E-state index < -0.39 is 12.8 Å². The van der Waals surface area contributed by atoms with E-state index in [1.807, 2.05) is 13.2 Å². The lowest BCUT2D eigenvalue weighted by Crippen LogP contribution is -2.35. The largest absolute Gasteiger partial charge is 0.434 e. The van der Waals surface area contributed by atoms with E-state index in [1.165, 1.54) is 6.07 Å². The van der Waals surface area contributed by atoms with Gasteiger partial charge < -0.3 is 9.64 Å². The highest BCUT2D eigenvalue weighted by molar-refractivity contribution is 7.99. The van der Waals surface area contributed by atoms with Crippen molar-refractivity contribution in [2.24, 2.45) is 0 Å². The van der Waals surface area contributed by atoms with Gasteiger partial charge in [0, 0.05) is 17.4 Å². The van der Waals surface area contributed by atoms with E-state index in [1.54, 1.807) is 34.9 Å². The van der Waals surface area contributed by atoms with E-state index in [4.69, 9.17) is 0 Å². The summed E-state index contributed by atoms with van der Waals surface area (Å²) in [5, 5.41) is 3.32. The first-order valence-corrected chi connectivity index (χ1v) is 7.91. The Bertz CT molecular complexity index is 502. The number of nitrogens with zero attached hydrogens (tertiary/aromatic N) is 1. The number of nitrogens with one attached hydrogen (secondary N) is 1. The minimum atomic E-state index is -2.89. The molecule has 1 fully saturated rings. The second kappa shape index (κ2) is 7.09. The molecule has 1 heterocycles. The second-order valence-corrected chi connectivity index (χ2v) is 6.07. The van der Waals surface area contributed by atoms with Crippen LogP contribution < -0.4 is 10.1 Å². The fourth-order valence-electron chi connectivity index (χ4n) is 2.29. The van der Waals surface area contributed by atoms with Crippen molar-refractivity contribution >= 4 is 17.7 Å². The van der Waals surface area contributed by atoms with E-state index in [0.29, 0.717) is 12.1 Å². The summed E-state index contributed by atoms with van der Waals surface area (Å²) in [6.07, 6.45) is 1.55. The third kappa shape index (κ3) is 3.85. The Balaban J connectivity index is 2.25. The van der Waals surface area contributed by atoms with Gasteiger partial charge in [0.1, 0.15) is 11.9 Å². The summed E-state index contributed by atoms with van der Waals surface area (Å²) >= 11 is 1.65. The van der Waals surface area contributed by atoms with Crippen LogP contribution in [0.1, 0.15) is 18.7 Å². The van der Waals surface area contributed by atoms with E-state index in [0.717, 1.165) is 0 Å². The highest BCUT2D eigenvalue weighted by Crippen LogP contribution is 2.31. The molecular formula is C14H18F2N2O2S. The molecule has 1 saturated heterocycles. The van der Waals surface area contributed by atoms with Crippen LogP contribution in [0.15, 0.2) is 24.3 Å². The molecule has 1 aromatic carbocycles. The molecule has 1 aliphatic rings. The van der Waals surface area contributed by atoms with Gasteiger partial charge in [-0.15, -0.1) is 0 Å². The van der Waals surface area contributed by atoms with E-state index in [9.17, 15) is 13.6 Å². The topological polar surface area (TPSA) is 41.6 Å². The molecule has 7 heteroatoms. The minimum absolute atomic E-state index is 0.0345. The van der Waals surface area contributed by atoms with E-state index in [2.05, 4.69) is 10.1 Å². The van der Waals surface area contributed by atoms with Crippen LogP contribution in [0.4, 0.5) is 8.78 Å². The normalized spacial score (nSPS) is 20.1. The molecule has 0 aromatic heterocycles. The van der Waals surface area contributed by atoms with E-state index in [-0.39, 0.29) is 23.5 Å². The number of carbonyl (C=O) groups is 1. The third-order valence-electron chi connectivity index (χ3n) is 3.36. The molecule has 1 aromatic rings. The van der Waals surface area contributed by atoms with Crippen molar-refractivity contribution in [1.29, 1.82) is 0 Å². The molecule has 1 N–H and O–H groups in total. The fourth-order valence-corrected chi connectivity index (χ4v) is 2.60. The first-order chi connectivity index (χ1) is 10.0. The first kappa shape index (κ1) is 16.0. The van der Waals surface area contributed by atoms with Crippen LogP contribution in [-0.4, -0.2) is 42.0 Å². The van der Waals surface area contributed by atoms with Gasteiger partial charge in [-0.2, -0.15) is 20.5 Å². The van der Waals surface area contributed by atoms with Gasteiger partial charge in [-0.25, -0.2) is 0 Å². The molecule has 0 saturated carbocycles. The molecule has 0 radical (unpaired) electrons. The maximum Gasteiger partial charge on any atom is 0.387 e. The molecule has 2 unspecified atom stereocenters. The second-order valence-electron chi connectivity index (χ2n) is 4.79. The summed E-state index contributed by atoms with van der Waals surface area (Å²) in [5.41, 5.74) is 0.553. The Kier molecular flexibility index (Phi) is 5.41. The molecule has 21 heavy (non-hydrogen) atoms. The van der Waals surface area contributed by atoms with Crippen molar-refractivity contribution in [3.05, 3.63) is 29.8 Å². The van der Waals surface area contributed by atoms with Crippen LogP contribution in [-0.2, 0) is 4.79 Å². The number of amides is 1. The summed E-state index contributed by atoms with van der Waals surface area (Å²) in [4.78, 5) is 13.7. The Hall–Kier alpha value is -1.34. The number of benzene rings is 1. The van der Waals surface area contributed by atoms with Gasteiger partial charge in [0.05, 0.1) is 6.54 Å². The van der Waals surface area contributed by atoms with Crippen molar-refractivity contribution in [1.82, 2.24) is 10.2 Å². The van der Waals surface area contributed by atoms with Gasteiger partial charge >= 0.3 is 6.61 Å². The third-order valence-corrected chi connectivity index (χ3v) is 4.32. The zero-order valence-electron chi connectivity index (χ0n) is 11.9. The number of alkyl halides is 2. The predicted molar refractivity (Wildman–Crippen MR) is 78.5 cm³/mol. The smallest absolute Gasteiger partial charge is 0.387 e. The number of para-hydroxylation sites is 1. The highest BCUT2D eigenvalue weighted by atomic mass is 32.2. The van der Waals surface area contributed by atoms with Gasteiger partial charge in [-0.3, -0.25) is 10.1 Å². The lowest BCUT2D eigenvalue weighted by molar-refractivity contribution is -0.128. The SMILES string of the molecule is CSC(C)CN1C(=O)CNC1c1ccccc1OC(F)F. The molecule has 1 amide bonds. The van der Waals surface area contributed by atoms with Crippen LogP contribution >= 0.6 is 11.8 Å². The molecule has 116 valence electrons. The summed E-state index contributed by atoms with van der Waals surface area (Å²) < 4.78 is 29.6. The zero-order chi connectivity index (χ0) is 15.4. The molecule has 0 aliphatic carbocycles. The number of carbonyl (C=O) groups excluding carboxylic acids is 1. The molecule has 0 spiro atoms. The average Bonchev–Trinajstić information content (AvgIpc) is 2.80. The molecular weight excluding hydrogens is 298 g/mol. The number of ether oxygens (including phenoxy) is 1. The quantitative estimate of drug-likeness (QED) is 0.875. The Labute approximate surface area is 126 Å². The average molecular weight is 316 g/mol. The van der Waals surface area contributed by atoms with Gasteiger partial charge in [0.15, 0.2) is 0 Å². The molecule has 2 atom stereocenters. The van der Waals surface area contributed by atoms with Crippen LogP contribution in [0.3, 0.4) is 0 Å². The van der Waals surface area contributed by atoms with Crippen molar-refractivity contribution in [3.63, 3.8) is 0 Å². The number of thioether (sulfide) groups is 1. The van der Waals surface area contributed by atoms with Gasteiger partial charge in [-0.1, -0.05) is 25.1 Å². The standard InChI is InChI=1S/C14H18F2N2O2S/c1-9(21-2)8-18-12(19)7-17-13(18)10-5-3-4-6-11(10)20-14(15)16/h3-6,9,13-14,17H,7-8H2,1-2H3. The van der Waals surface area contributed by atoms with Crippen molar-refractivity contribution < 1.29 is 18.3 Å². The molecule has 4 nitrogen and oxygen atoms in total. The lowest BCUT2D eigenvalue weighted by Gasteiger charge is -2.28. The van der Waals surface area contributed by atoms with Crippen LogP contribution in [0.25, 0.3) is 0 Å². The van der Waals surface area contributed by atoms with Gasteiger partial charge in [0.2, 0.25) is 5.91 Å². The number of rotatable bonds is 6. The molecule has 0 bridgehead atoms. The monoisotopic (exact) mass is 316 g/mol. The van der Waals surface area contributed by atoms with Crippen molar-refractivity contribution in [3.8, 4) is 5.75 Å². The fraction of sp³-hybridized carbons (Fsp3) is 0.500. The number of hydrogen-bond donors (Lipinski definition) is 1. The first-order valence-electron chi connectivity index (χ1n) is 6.62. The number of halogens is 2. The zero-order valence-corrected chi connectivity index (χ0v) is 12.7. The summed E-state index contributed by atoms with van der Waals surface area (Å²) in [6.45, 7) is -0.105. The van der Waals surface area contributed by atoms with E-state index >= 15 is 0 Å². The Morgan fingerprint density at radius 2 is 2.19 bits per heavy atom. The van der Waals surface area contributed by atoms with Crippen LogP contribution in [0.5, 0.6) is 5.75 Å². The lowest BCUT2D eigenvalue weighted by atomic mass is 10.1. The molecule has 1 aliphatic heterocycles. The Morgan fingerprint density at radius 1 is 1.48 bits per heavy atom. The molecule has 2 rings (SSSR count). The summed E-state index contributed by atoms with van der Waals surface area (Å²) in [7, 11) is 0. The van der Waals surface area contributed by atoms with Gasteiger partial charge in [-0.05, 0) is 12.3 Å². The Morgan fingerprint density at radius 3 is 2.86 bits per heavy atom. The minimum Gasteiger partial charge on any atom is -0.434 e. The van der Waals surface area contributed by atoms with Crippen molar-refractivity contribution in [2.45, 2.75) is 25.0 Å². The summed E-state index contributed by atoms with van der Waals surface area (Å²) in [5.74, 6) is 0.0641. The summed E-state index contributed by atoms with van der Waals surface area (Å²) in [6, 6.07) is 6.56. The number of hydrogen-bond acceptors (Lipinski definition) is 4.